The Hall–Kier alpha value is -1.04. The van der Waals surface area contributed by atoms with Gasteiger partial charge in [0.1, 0.15) is 0 Å². The van der Waals surface area contributed by atoms with Gasteiger partial charge < -0.3 is 15.4 Å². The summed E-state index contributed by atoms with van der Waals surface area (Å²) >= 11 is 1.59. The Bertz CT molecular complexity index is 432. The lowest BCUT2D eigenvalue weighted by Crippen LogP contribution is -2.27. The summed E-state index contributed by atoms with van der Waals surface area (Å²) in [6.07, 6.45) is 2.54. The van der Waals surface area contributed by atoms with E-state index in [1.54, 1.807) is 18.9 Å². The zero-order valence-electron chi connectivity index (χ0n) is 12.6. The number of thioether (sulfide) groups is 1. The summed E-state index contributed by atoms with van der Waals surface area (Å²) in [6, 6.07) is 8.35. The lowest BCUT2D eigenvalue weighted by molar-refractivity contribution is -0.118. The standard InChI is InChI=1S/C16H24N2O2S/c1-20-9-8-17-10-13-4-6-15(7-5-13)21-12-16(19)18-11-14-2-3-14/h4-7,14,17H,2-3,8-12H2,1H3,(H,18,19). The van der Waals surface area contributed by atoms with E-state index in [9.17, 15) is 4.79 Å². The van der Waals surface area contributed by atoms with Crippen molar-refractivity contribution >= 4 is 17.7 Å². The van der Waals surface area contributed by atoms with Crippen LogP contribution in [0.1, 0.15) is 18.4 Å². The number of methoxy groups -OCH3 is 1. The minimum atomic E-state index is 0.136. The Kier molecular flexibility index (Phi) is 7.06. The van der Waals surface area contributed by atoms with E-state index in [4.69, 9.17) is 4.74 Å². The average Bonchev–Trinajstić information content (AvgIpc) is 3.33. The molecule has 21 heavy (non-hydrogen) atoms. The summed E-state index contributed by atoms with van der Waals surface area (Å²) in [6.45, 7) is 3.28. The topological polar surface area (TPSA) is 50.4 Å². The largest absolute Gasteiger partial charge is 0.383 e. The molecule has 0 heterocycles. The maximum absolute atomic E-state index is 11.7. The number of rotatable bonds is 10. The first-order valence-electron chi connectivity index (χ1n) is 7.46. The quantitative estimate of drug-likeness (QED) is 0.513. The molecule has 1 aromatic rings. The van der Waals surface area contributed by atoms with Gasteiger partial charge in [0.05, 0.1) is 12.4 Å². The minimum absolute atomic E-state index is 0.136. The fourth-order valence-corrected chi connectivity index (χ4v) is 2.62. The highest BCUT2D eigenvalue weighted by Gasteiger charge is 2.21. The van der Waals surface area contributed by atoms with Crippen molar-refractivity contribution in [1.29, 1.82) is 0 Å². The first kappa shape index (κ1) is 16.3. The van der Waals surface area contributed by atoms with Crippen LogP contribution >= 0.6 is 11.8 Å². The molecule has 0 bridgehead atoms. The molecule has 0 aromatic heterocycles. The summed E-state index contributed by atoms with van der Waals surface area (Å²) in [7, 11) is 1.70. The van der Waals surface area contributed by atoms with Crippen LogP contribution in [0.5, 0.6) is 0 Å². The van der Waals surface area contributed by atoms with E-state index in [2.05, 4.69) is 34.9 Å². The molecule has 2 N–H and O–H groups in total. The Morgan fingerprint density at radius 1 is 1.33 bits per heavy atom. The molecule has 0 aliphatic heterocycles. The van der Waals surface area contributed by atoms with Crippen molar-refractivity contribution in [3.05, 3.63) is 29.8 Å². The molecular formula is C16H24N2O2S. The molecule has 1 aromatic carbocycles. The average molecular weight is 308 g/mol. The van der Waals surface area contributed by atoms with E-state index in [0.29, 0.717) is 5.75 Å². The third-order valence-corrected chi connectivity index (χ3v) is 4.40. The molecule has 1 saturated carbocycles. The van der Waals surface area contributed by atoms with Gasteiger partial charge in [-0.2, -0.15) is 0 Å². The second-order valence-corrected chi connectivity index (χ2v) is 6.40. The Labute approximate surface area is 131 Å². The van der Waals surface area contributed by atoms with E-state index >= 15 is 0 Å². The van der Waals surface area contributed by atoms with E-state index in [1.807, 2.05) is 0 Å². The molecule has 1 aliphatic carbocycles. The molecule has 1 fully saturated rings. The molecule has 0 unspecified atom stereocenters. The SMILES string of the molecule is COCCNCc1ccc(SCC(=O)NCC2CC2)cc1. The van der Waals surface area contributed by atoms with Gasteiger partial charge in [-0.3, -0.25) is 4.79 Å². The predicted molar refractivity (Wildman–Crippen MR) is 86.5 cm³/mol. The van der Waals surface area contributed by atoms with E-state index in [1.165, 1.54) is 18.4 Å². The highest BCUT2D eigenvalue weighted by Crippen LogP contribution is 2.27. The Morgan fingerprint density at radius 3 is 2.76 bits per heavy atom. The number of ether oxygens (including phenoxy) is 1. The number of hydrogen-bond acceptors (Lipinski definition) is 4. The van der Waals surface area contributed by atoms with Crippen molar-refractivity contribution in [1.82, 2.24) is 10.6 Å². The van der Waals surface area contributed by atoms with Crippen LogP contribution in [0.3, 0.4) is 0 Å². The number of carbonyl (C=O) groups is 1. The fraction of sp³-hybridized carbons (Fsp3) is 0.562. The van der Waals surface area contributed by atoms with Crippen molar-refractivity contribution in [3.8, 4) is 0 Å². The van der Waals surface area contributed by atoms with Crippen molar-refractivity contribution < 1.29 is 9.53 Å². The number of benzene rings is 1. The third kappa shape index (κ3) is 6.98. The molecule has 0 spiro atoms. The lowest BCUT2D eigenvalue weighted by Gasteiger charge is -2.06. The van der Waals surface area contributed by atoms with Crippen LogP contribution in [0.2, 0.25) is 0 Å². The van der Waals surface area contributed by atoms with E-state index in [-0.39, 0.29) is 5.91 Å². The van der Waals surface area contributed by atoms with Crippen molar-refractivity contribution in [3.63, 3.8) is 0 Å². The maximum atomic E-state index is 11.7. The molecule has 0 saturated heterocycles. The van der Waals surface area contributed by atoms with Crippen LogP contribution in [-0.2, 0) is 16.1 Å². The van der Waals surface area contributed by atoms with Gasteiger partial charge in [0.25, 0.3) is 0 Å². The maximum Gasteiger partial charge on any atom is 0.230 e. The molecule has 116 valence electrons. The fourth-order valence-electron chi connectivity index (χ4n) is 1.89. The molecule has 5 heteroatoms. The summed E-state index contributed by atoms with van der Waals surface area (Å²) in [5, 5.41) is 6.29. The number of hydrogen-bond donors (Lipinski definition) is 2. The number of amides is 1. The smallest absolute Gasteiger partial charge is 0.230 e. The third-order valence-electron chi connectivity index (χ3n) is 3.39. The van der Waals surface area contributed by atoms with Gasteiger partial charge >= 0.3 is 0 Å². The molecule has 1 aliphatic rings. The van der Waals surface area contributed by atoms with Gasteiger partial charge in [0, 0.05) is 31.6 Å². The molecule has 1 amide bonds. The van der Waals surface area contributed by atoms with Gasteiger partial charge in [-0.05, 0) is 36.5 Å². The lowest BCUT2D eigenvalue weighted by atomic mass is 10.2. The molecule has 0 atom stereocenters. The van der Waals surface area contributed by atoms with Crippen LogP contribution in [0.25, 0.3) is 0 Å². The highest BCUT2D eigenvalue weighted by atomic mass is 32.2. The first-order valence-corrected chi connectivity index (χ1v) is 8.44. The molecule has 0 radical (unpaired) electrons. The van der Waals surface area contributed by atoms with E-state index < -0.39 is 0 Å². The van der Waals surface area contributed by atoms with Gasteiger partial charge in [-0.25, -0.2) is 0 Å². The first-order chi connectivity index (χ1) is 10.3. The van der Waals surface area contributed by atoms with Crippen molar-refractivity contribution in [2.45, 2.75) is 24.3 Å². The van der Waals surface area contributed by atoms with Crippen LogP contribution in [0.4, 0.5) is 0 Å². The van der Waals surface area contributed by atoms with Gasteiger partial charge in [0.15, 0.2) is 0 Å². The Balaban J connectivity index is 1.62. The monoisotopic (exact) mass is 308 g/mol. The normalized spacial score (nSPS) is 14.1. The van der Waals surface area contributed by atoms with Gasteiger partial charge in [-0.15, -0.1) is 11.8 Å². The van der Waals surface area contributed by atoms with Gasteiger partial charge in [0.2, 0.25) is 5.91 Å². The van der Waals surface area contributed by atoms with Crippen LogP contribution in [-0.4, -0.2) is 38.5 Å². The summed E-state index contributed by atoms with van der Waals surface area (Å²) < 4.78 is 4.99. The second kappa shape index (κ2) is 9.07. The predicted octanol–water partition coefficient (Wildman–Crippen LogP) is 2.04. The minimum Gasteiger partial charge on any atom is -0.383 e. The summed E-state index contributed by atoms with van der Waals surface area (Å²) in [4.78, 5) is 12.8. The second-order valence-electron chi connectivity index (χ2n) is 5.35. The van der Waals surface area contributed by atoms with Crippen molar-refractivity contribution in [2.75, 3.05) is 32.6 Å². The van der Waals surface area contributed by atoms with Crippen LogP contribution in [0, 0.1) is 5.92 Å². The van der Waals surface area contributed by atoms with Crippen LogP contribution < -0.4 is 10.6 Å². The summed E-state index contributed by atoms with van der Waals surface area (Å²) in [5.41, 5.74) is 1.24. The number of nitrogens with one attached hydrogen (secondary N) is 2. The highest BCUT2D eigenvalue weighted by molar-refractivity contribution is 8.00. The molecular weight excluding hydrogens is 284 g/mol. The van der Waals surface area contributed by atoms with Crippen LogP contribution in [0.15, 0.2) is 29.2 Å². The molecule has 4 nitrogen and oxygen atoms in total. The van der Waals surface area contributed by atoms with E-state index in [0.717, 1.165) is 37.1 Å². The number of carbonyl (C=O) groups excluding carboxylic acids is 1. The summed E-state index contributed by atoms with van der Waals surface area (Å²) in [5.74, 6) is 1.37. The zero-order valence-corrected chi connectivity index (χ0v) is 13.4. The Morgan fingerprint density at radius 2 is 2.10 bits per heavy atom. The zero-order chi connectivity index (χ0) is 14.9. The molecule has 2 rings (SSSR count). The van der Waals surface area contributed by atoms with Crippen molar-refractivity contribution in [2.24, 2.45) is 5.92 Å². The van der Waals surface area contributed by atoms with Gasteiger partial charge in [-0.1, -0.05) is 12.1 Å².